The number of carbonyl (C=O) groups is 1. The summed E-state index contributed by atoms with van der Waals surface area (Å²) in [7, 11) is 0. The Balaban J connectivity index is 2.16. The minimum atomic E-state index is -0.809. The van der Waals surface area contributed by atoms with Crippen molar-refractivity contribution >= 4 is 32.8 Å². The Morgan fingerprint density at radius 1 is 1.18 bits per heavy atom. The molecule has 1 unspecified atom stereocenters. The molecule has 1 N–H and O–H groups in total. The number of hydrogen-bond donors (Lipinski definition) is 1. The molecule has 1 aromatic heterocycles. The molecule has 0 amide bonds. The van der Waals surface area contributed by atoms with Crippen molar-refractivity contribution in [2.24, 2.45) is 0 Å². The smallest absolute Gasteiger partial charge is 0.312 e. The summed E-state index contributed by atoms with van der Waals surface area (Å²) in [5, 5.41) is 10.4. The summed E-state index contributed by atoms with van der Waals surface area (Å²) < 4.78 is 3.09. The number of benzene rings is 2. The topological polar surface area (TPSA) is 42.2 Å². The van der Waals surface area contributed by atoms with Gasteiger partial charge >= 0.3 is 5.97 Å². The zero-order valence-electron chi connectivity index (χ0n) is 12.2. The monoisotopic (exact) mass is 357 g/mol. The summed E-state index contributed by atoms with van der Waals surface area (Å²) in [5.74, 6) is -1.36. The van der Waals surface area contributed by atoms with Crippen molar-refractivity contribution in [3.8, 4) is 0 Å². The van der Waals surface area contributed by atoms with Gasteiger partial charge < -0.3 is 9.67 Å². The van der Waals surface area contributed by atoms with Crippen LogP contribution in [0, 0.1) is 0 Å². The van der Waals surface area contributed by atoms with E-state index in [0.29, 0.717) is 6.54 Å². The van der Waals surface area contributed by atoms with Crippen LogP contribution in [0.1, 0.15) is 24.1 Å². The predicted molar refractivity (Wildman–Crippen MR) is 91.2 cm³/mol. The van der Waals surface area contributed by atoms with Gasteiger partial charge in [-0.3, -0.25) is 4.79 Å². The molecule has 0 saturated carbocycles. The zero-order chi connectivity index (χ0) is 15.7. The van der Waals surface area contributed by atoms with E-state index in [9.17, 15) is 9.90 Å². The molecule has 1 heterocycles. The number of fused-ring (bicyclic) bond motifs is 1. The second-order valence-corrected chi connectivity index (χ2v) is 6.32. The van der Waals surface area contributed by atoms with E-state index in [1.165, 1.54) is 0 Å². The molecule has 0 saturated heterocycles. The average Bonchev–Trinajstić information content (AvgIpc) is 2.85. The van der Waals surface area contributed by atoms with E-state index < -0.39 is 11.9 Å². The van der Waals surface area contributed by atoms with Gasteiger partial charge in [0.05, 0.1) is 5.92 Å². The van der Waals surface area contributed by atoms with Crippen LogP contribution in [0.4, 0.5) is 0 Å². The molecule has 112 valence electrons. The molecule has 0 spiro atoms. The number of aliphatic carboxylic acids is 1. The summed E-state index contributed by atoms with van der Waals surface area (Å²) in [5.41, 5.74) is 3.03. The number of aromatic nitrogens is 1. The first-order valence-electron chi connectivity index (χ1n) is 7.11. The average molecular weight is 358 g/mol. The predicted octanol–water partition coefficient (Wildman–Crippen LogP) is 4.64. The lowest BCUT2D eigenvalue weighted by Crippen LogP contribution is -2.13. The maximum Gasteiger partial charge on any atom is 0.312 e. The minimum absolute atomic E-state index is 0.546. The van der Waals surface area contributed by atoms with Crippen LogP contribution in [0.5, 0.6) is 0 Å². The fourth-order valence-corrected chi connectivity index (χ4v) is 3.07. The molecule has 3 nitrogen and oxygen atoms in total. The number of hydrogen-bond acceptors (Lipinski definition) is 1. The van der Waals surface area contributed by atoms with Gasteiger partial charge in [-0.2, -0.15) is 0 Å². The van der Waals surface area contributed by atoms with Crippen LogP contribution in [0.2, 0.25) is 0 Å². The molecule has 0 aliphatic heterocycles. The Bertz CT molecular complexity index is 824. The second kappa shape index (κ2) is 5.97. The first-order valence-corrected chi connectivity index (χ1v) is 7.91. The lowest BCUT2D eigenvalue weighted by Gasteiger charge is -2.14. The van der Waals surface area contributed by atoms with Crippen molar-refractivity contribution in [3.05, 3.63) is 70.3 Å². The normalized spacial score (nSPS) is 12.5. The SMILES string of the molecule is CC(C(=O)O)c1cc2cc(Br)ccc2n1Cc1ccccc1. The first kappa shape index (κ1) is 14.9. The highest BCUT2D eigenvalue weighted by molar-refractivity contribution is 9.10. The van der Waals surface area contributed by atoms with E-state index >= 15 is 0 Å². The van der Waals surface area contributed by atoms with Crippen LogP contribution in [0.15, 0.2) is 59.1 Å². The lowest BCUT2D eigenvalue weighted by molar-refractivity contribution is -0.138. The summed E-state index contributed by atoms with van der Waals surface area (Å²) in [4.78, 5) is 11.4. The molecule has 0 radical (unpaired) electrons. The molecule has 3 aromatic rings. The number of rotatable bonds is 4. The third-order valence-corrected chi connectivity index (χ3v) is 4.39. The Morgan fingerprint density at radius 2 is 1.91 bits per heavy atom. The Kier molecular flexibility index (Phi) is 4.03. The van der Waals surface area contributed by atoms with Crippen molar-refractivity contribution in [2.75, 3.05) is 0 Å². The summed E-state index contributed by atoms with van der Waals surface area (Å²) >= 11 is 3.47. The summed E-state index contributed by atoms with van der Waals surface area (Å²) in [6.07, 6.45) is 0. The summed E-state index contributed by atoms with van der Waals surface area (Å²) in [6.45, 7) is 2.39. The highest BCUT2D eigenvalue weighted by atomic mass is 79.9. The van der Waals surface area contributed by atoms with Gasteiger partial charge in [0.1, 0.15) is 0 Å². The van der Waals surface area contributed by atoms with Crippen LogP contribution in [-0.2, 0) is 11.3 Å². The Labute approximate surface area is 137 Å². The van der Waals surface area contributed by atoms with Gasteiger partial charge in [0.2, 0.25) is 0 Å². The first-order chi connectivity index (χ1) is 10.6. The van der Waals surface area contributed by atoms with Crippen LogP contribution >= 0.6 is 15.9 Å². The van der Waals surface area contributed by atoms with Gasteiger partial charge in [0.15, 0.2) is 0 Å². The van der Waals surface area contributed by atoms with Gasteiger partial charge in [0.25, 0.3) is 0 Å². The molecular formula is C18H16BrNO2. The third-order valence-electron chi connectivity index (χ3n) is 3.89. The van der Waals surface area contributed by atoms with Crippen molar-refractivity contribution in [2.45, 2.75) is 19.4 Å². The van der Waals surface area contributed by atoms with Crippen molar-refractivity contribution in [1.82, 2.24) is 4.57 Å². The van der Waals surface area contributed by atoms with Gasteiger partial charge in [0, 0.05) is 27.6 Å². The molecule has 22 heavy (non-hydrogen) atoms. The zero-order valence-corrected chi connectivity index (χ0v) is 13.7. The number of halogens is 1. The largest absolute Gasteiger partial charge is 0.481 e. The molecule has 0 bridgehead atoms. The van der Waals surface area contributed by atoms with Crippen LogP contribution < -0.4 is 0 Å². The third kappa shape index (κ3) is 2.79. The molecule has 3 rings (SSSR count). The van der Waals surface area contributed by atoms with E-state index in [-0.39, 0.29) is 0 Å². The fourth-order valence-electron chi connectivity index (χ4n) is 2.69. The number of carboxylic acid groups (broad SMARTS) is 1. The van der Waals surface area contributed by atoms with Gasteiger partial charge in [-0.05, 0) is 36.8 Å². The van der Waals surface area contributed by atoms with E-state index in [1.807, 2.05) is 42.5 Å². The number of carboxylic acids is 1. The molecule has 0 aliphatic rings. The maximum absolute atomic E-state index is 11.4. The van der Waals surface area contributed by atoms with Crippen LogP contribution in [-0.4, -0.2) is 15.6 Å². The van der Waals surface area contributed by atoms with Gasteiger partial charge in [-0.1, -0.05) is 46.3 Å². The van der Waals surface area contributed by atoms with Gasteiger partial charge in [-0.25, -0.2) is 0 Å². The maximum atomic E-state index is 11.4. The quantitative estimate of drug-likeness (QED) is 0.738. The van der Waals surface area contributed by atoms with Gasteiger partial charge in [-0.15, -0.1) is 0 Å². The van der Waals surface area contributed by atoms with Crippen molar-refractivity contribution in [3.63, 3.8) is 0 Å². The van der Waals surface area contributed by atoms with Crippen LogP contribution in [0.25, 0.3) is 10.9 Å². The second-order valence-electron chi connectivity index (χ2n) is 5.40. The molecule has 4 heteroatoms. The highest BCUT2D eigenvalue weighted by Crippen LogP contribution is 2.29. The number of nitrogens with zero attached hydrogens (tertiary/aromatic N) is 1. The lowest BCUT2D eigenvalue weighted by atomic mass is 10.1. The molecule has 0 aliphatic carbocycles. The van der Waals surface area contributed by atoms with E-state index in [0.717, 1.165) is 26.6 Å². The minimum Gasteiger partial charge on any atom is -0.481 e. The molecule has 2 aromatic carbocycles. The molecular weight excluding hydrogens is 342 g/mol. The Hall–Kier alpha value is -2.07. The van der Waals surface area contributed by atoms with E-state index in [4.69, 9.17) is 0 Å². The standard InChI is InChI=1S/C18H16BrNO2/c1-12(18(21)22)17-10-14-9-15(19)7-8-16(14)20(17)11-13-5-3-2-4-6-13/h2-10,12H,11H2,1H3,(H,21,22). The Morgan fingerprint density at radius 3 is 2.59 bits per heavy atom. The summed E-state index contributed by atoms with van der Waals surface area (Å²) in [6, 6.07) is 18.1. The van der Waals surface area contributed by atoms with Crippen molar-refractivity contribution in [1.29, 1.82) is 0 Å². The van der Waals surface area contributed by atoms with E-state index in [1.54, 1.807) is 6.92 Å². The van der Waals surface area contributed by atoms with E-state index in [2.05, 4.69) is 32.6 Å². The van der Waals surface area contributed by atoms with Crippen LogP contribution in [0.3, 0.4) is 0 Å². The molecule has 1 atom stereocenters. The fraction of sp³-hybridized carbons (Fsp3) is 0.167. The highest BCUT2D eigenvalue weighted by Gasteiger charge is 2.20. The van der Waals surface area contributed by atoms with Crippen molar-refractivity contribution < 1.29 is 9.90 Å². The molecule has 0 fully saturated rings.